The summed E-state index contributed by atoms with van der Waals surface area (Å²) in [5.74, 6) is -0.949. The van der Waals surface area contributed by atoms with E-state index in [9.17, 15) is 14.7 Å². The third-order valence-electron chi connectivity index (χ3n) is 4.61. The van der Waals surface area contributed by atoms with E-state index in [0.717, 1.165) is 17.5 Å². The first kappa shape index (κ1) is 13.9. The first-order valence-electron chi connectivity index (χ1n) is 7.25. The van der Waals surface area contributed by atoms with Crippen LogP contribution in [0.5, 0.6) is 0 Å². The van der Waals surface area contributed by atoms with Crippen LogP contribution in [-0.2, 0) is 17.8 Å². The third kappa shape index (κ3) is 2.60. The van der Waals surface area contributed by atoms with Crippen molar-refractivity contribution in [3.8, 4) is 0 Å². The number of hydrogen-bond donors (Lipinski definition) is 2. The number of nitrogens with one attached hydrogen (secondary N) is 1. The van der Waals surface area contributed by atoms with Crippen molar-refractivity contribution in [3.05, 3.63) is 35.4 Å². The fourth-order valence-corrected chi connectivity index (χ4v) is 2.90. The predicted molar refractivity (Wildman–Crippen MR) is 77.8 cm³/mol. The number of urea groups is 1. The molecule has 0 aromatic heterocycles. The van der Waals surface area contributed by atoms with Crippen LogP contribution in [0.3, 0.4) is 0 Å². The van der Waals surface area contributed by atoms with Gasteiger partial charge in [-0.15, -0.1) is 0 Å². The van der Waals surface area contributed by atoms with Crippen molar-refractivity contribution in [1.82, 2.24) is 10.2 Å². The second-order valence-electron chi connectivity index (χ2n) is 6.65. The van der Waals surface area contributed by atoms with Gasteiger partial charge in [-0.3, -0.25) is 0 Å². The molecule has 5 nitrogen and oxygen atoms in total. The van der Waals surface area contributed by atoms with Crippen molar-refractivity contribution in [3.63, 3.8) is 0 Å². The zero-order valence-corrected chi connectivity index (χ0v) is 12.3. The summed E-state index contributed by atoms with van der Waals surface area (Å²) in [7, 11) is 0. The molecule has 112 valence electrons. The molecule has 2 amide bonds. The molecule has 1 aliphatic heterocycles. The maximum absolute atomic E-state index is 12.4. The maximum Gasteiger partial charge on any atom is 0.326 e. The minimum Gasteiger partial charge on any atom is -0.480 e. The molecule has 5 heteroatoms. The number of amides is 2. The van der Waals surface area contributed by atoms with Crippen molar-refractivity contribution in [2.45, 2.75) is 45.3 Å². The molecule has 1 fully saturated rings. The average Bonchev–Trinajstić information content (AvgIpc) is 3.03. The number of hydrogen-bond acceptors (Lipinski definition) is 2. The molecule has 0 saturated heterocycles. The first-order valence-corrected chi connectivity index (χ1v) is 7.25. The molecule has 1 saturated carbocycles. The summed E-state index contributed by atoms with van der Waals surface area (Å²) in [6, 6.07) is 6.80. The van der Waals surface area contributed by atoms with Crippen LogP contribution in [0.25, 0.3) is 0 Å². The molecule has 21 heavy (non-hydrogen) atoms. The molecular weight excluding hydrogens is 268 g/mol. The molecule has 2 aliphatic rings. The summed E-state index contributed by atoms with van der Waals surface area (Å²) in [4.78, 5) is 25.3. The van der Waals surface area contributed by atoms with E-state index in [0.29, 0.717) is 13.0 Å². The lowest BCUT2D eigenvalue weighted by molar-refractivity contribution is -0.142. The molecule has 1 unspecified atom stereocenters. The van der Waals surface area contributed by atoms with Crippen molar-refractivity contribution >= 4 is 12.0 Å². The predicted octanol–water partition coefficient (Wildman–Crippen LogP) is 2.01. The Morgan fingerprint density at radius 2 is 1.90 bits per heavy atom. The van der Waals surface area contributed by atoms with Gasteiger partial charge in [0.2, 0.25) is 0 Å². The largest absolute Gasteiger partial charge is 0.480 e. The molecule has 2 N–H and O–H groups in total. The summed E-state index contributed by atoms with van der Waals surface area (Å²) >= 11 is 0. The molecule has 0 spiro atoms. The van der Waals surface area contributed by atoms with E-state index in [-0.39, 0.29) is 17.5 Å². The summed E-state index contributed by atoms with van der Waals surface area (Å²) < 4.78 is 0. The number of carbonyl (C=O) groups is 2. The van der Waals surface area contributed by atoms with Gasteiger partial charge in [0.25, 0.3) is 0 Å². The number of rotatable bonds is 2. The summed E-state index contributed by atoms with van der Waals surface area (Å²) in [6.07, 6.45) is 1.31. The smallest absolute Gasteiger partial charge is 0.326 e. The van der Waals surface area contributed by atoms with Crippen LogP contribution >= 0.6 is 0 Å². The van der Waals surface area contributed by atoms with Gasteiger partial charge in [-0.25, -0.2) is 9.59 Å². The van der Waals surface area contributed by atoms with E-state index in [1.807, 2.05) is 24.3 Å². The summed E-state index contributed by atoms with van der Waals surface area (Å²) in [5, 5.41) is 12.4. The number of carbonyl (C=O) groups excluding carboxylic acids is 1. The van der Waals surface area contributed by atoms with Gasteiger partial charge in [0.05, 0.1) is 0 Å². The van der Waals surface area contributed by atoms with E-state index in [1.54, 1.807) is 0 Å². The Kier molecular flexibility index (Phi) is 3.15. The fourth-order valence-electron chi connectivity index (χ4n) is 2.90. The van der Waals surface area contributed by atoms with Gasteiger partial charge in [0.1, 0.15) is 6.04 Å². The zero-order valence-electron chi connectivity index (χ0n) is 12.3. The number of benzene rings is 1. The topological polar surface area (TPSA) is 69.6 Å². The van der Waals surface area contributed by atoms with E-state index in [4.69, 9.17) is 0 Å². The quantitative estimate of drug-likeness (QED) is 0.874. The molecule has 1 heterocycles. The van der Waals surface area contributed by atoms with Crippen molar-refractivity contribution in [2.24, 2.45) is 5.41 Å². The zero-order chi connectivity index (χ0) is 15.2. The lowest BCUT2D eigenvalue weighted by Crippen LogP contribution is -2.53. The number of carboxylic acids is 1. The fraction of sp³-hybridized carbons (Fsp3) is 0.500. The van der Waals surface area contributed by atoms with Crippen molar-refractivity contribution < 1.29 is 14.7 Å². The molecule has 0 radical (unpaired) electrons. The Morgan fingerprint density at radius 1 is 1.29 bits per heavy atom. The second kappa shape index (κ2) is 4.76. The van der Waals surface area contributed by atoms with Gasteiger partial charge in [0.15, 0.2) is 0 Å². The van der Waals surface area contributed by atoms with Crippen molar-refractivity contribution in [1.29, 1.82) is 0 Å². The number of carboxylic acid groups (broad SMARTS) is 1. The van der Waals surface area contributed by atoms with Crippen LogP contribution in [0.4, 0.5) is 4.79 Å². The average molecular weight is 288 g/mol. The molecule has 0 bridgehead atoms. The minimum absolute atomic E-state index is 0.127. The number of nitrogens with zero attached hydrogens (tertiary/aromatic N) is 1. The van der Waals surface area contributed by atoms with Crippen LogP contribution < -0.4 is 5.32 Å². The van der Waals surface area contributed by atoms with Crippen LogP contribution in [0, 0.1) is 5.41 Å². The van der Waals surface area contributed by atoms with Crippen LogP contribution in [-0.4, -0.2) is 34.1 Å². The van der Waals surface area contributed by atoms with Crippen LogP contribution in [0.1, 0.15) is 31.4 Å². The maximum atomic E-state index is 12.4. The van der Waals surface area contributed by atoms with Gasteiger partial charge in [-0.1, -0.05) is 38.1 Å². The van der Waals surface area contributed by atoms with Crippen molar-refractivity contribution in [2.75, 3.05) is 0 Å². The molecule has 3 rings (SSSR count). The standard InChI is InChI=1S/C16H20N2O3/c1-16(2)8-13(16)17-15(21)18-9-11-6-4-3-5-10(11)7-12(18)14(19)20/h3-6,12-13H,7-9H2,1-2H3,(H,17,21)(H,19,20)/t12-,13?/m1/s1. The minimum atomic E-state index is -0.949. The lowest BCUT2D eigenvalue weighted by atomic mass is 9.94. The Hall–Kier alpha value is -2.04. The monoisotopic (exact) mass is 288 g/mol. The highest BCUT2D eigenvalue weighted by Gasteiger charge is 2.48. The van der Waals surface area contributed by atoms with E-state index in [2.05, 4.69) is 19.2 Å². The first-order chi connectivity index (χ1) is 9.88. The lowest BCUT2D eigenvalue weighted by Gasteiger charge is -2.34. The molecule has 1 aliphatic carbocycles. The normalized spacial score (nSPS) is 25.9. The molecule has 1 aromatic carbocycles. The van der Waals surface area contributed by atoms with Gasteiger partial charge < -0.3 is 15.3 Å². The Morgan fingerprint density at radius 3 is 2.48 bits per heavy atom. The summed E-state index contributed by atoms with van der Waals surface area (Å²) in [5.41, 5.74) is 2.17. The van der Waals surface area contributed by atoms with E-state index >= 15 is 0 Å². The number of fused-ring (bicyclic) bond motifs is 1. The van der Waals surface area contributed by atoms with Gasteiger partial charge in [0, 0.05) is 19.0 Å². The molecule has 1 aromatic rings. The highest BCUT2D eigenvalue weighted by Crippen LogP contribution is 2.44. The Labute approximate surface area is 123 Å². The van der Waals surface area contributed by atoms with E-state index in [1.165, 1.54) is 4.90 Å². The molecular formula is C16H20N2O3. The summed E-state index contributed by atoms with van der Waals surface area (Å²) in [6.45, 7) is 4.54. The van der Waals surface area contributed by atoms with Crippen LogP contribution in [0.2, 0.25) is 0 Å². The third-order valence-corrected chi connectivity index (χ3v) is 4.61. The van der Waals surface area contributed by atoms with Gasteiger partial charge in [-0.2, -0.15) is 0 Å². The van der Waals surface area contributed by atoms with E-state index < -0.39 is 12.0 Å². The second-order valence-corrected chi connectivity index (χ2v) is 6.65. The van der Waals surface area contributed by atoms with Gasteiger partial charge >= 0.3 is 12.0 Å². The Balaban J connectivity index is 1.79. The Bertz CT molecular complexity index is 597. The van der Waals surface area contributed by atoms with Gasteiger partial charge in [-0.05, 0) is 23.0 Å². The number of aliphatic carboxylic acids is 1. The molecule has 2 atom stereocenters. The highest BCUT2D eigenvalue weighted by atomic mass is 16.4. The highest BCUT2D eigenvalue weighted by molar-refractivity contribution is 5.84. The SMILES string of the molecule is CC1(C)CC1NC(=O)N1Cc2ccccc2C[C@@H]1C(=O)O. The van der Waals surface area contributed by atoms with Crippen LogP contribution in [0.15, 0.2) is 24.3 Å².